The Morgan fingerprint density at radius 2 is 1.65 bits per heavy atom. The lowest BCUT2D eigenvalue weighted by Crippen LogP contribution is -2.30. The summed E-state index contributed by atoms with van der Waals surface area (Å²) < 4.78 is 32.2. The Morgan fingerprint density at radius 1 is 1.00 bits per heavy atom. The number of anilines is 2. The van der Waals surface area contributed by atoms with Crippen molar-refractivity contribution >= 4 is 51.0 Å². The van der Waals surface area contributed by atoms with Crippen LogP contribution in [0.15, 0.2) is 71.9 Å². The van der Waals surface area contributed by atoms with Gasteiger partial charge in [0.2, 0.25) is 5.95 Å². The third-order valence-electron chi connectivity index (χ3n) is 4.85. The third kappa shape index (κ3) is 8.54. The molecule has 0 bridgehead atoms. The van der Waals surface area contributed by atoms with Gasteiger partial charge in [0.15, 0.2) is 6.10 Å². The zero-order valence-corrected chi connectivity index (χ0v) is 21.3. The Hall–Kier alpha value is -4.03. The lowest BCUT2D eigenvalue weighted by molar-refractivity contribution is -0.153. The number of aromatic nitrogens is 2. The van der Waals surface area contributed by atoms with Crippen LogP contribution in [0, 0.1) is 0 Å². The SMILES string of the molecule is CC(OC(=O)CCCNC(=O)c1ccc(Cl)cc1)C(=O)Nc1ccc(S(=O)(=O)Nc2ncccn2)cc1. The lowest BCUT2D eigenvalue weighted by atomic mass is 10.2. The van der Waals surface area contributed by atoms with Gasteiger partial charge < -0.3 is 15.4 Å². The molecule has 13 heteroatoms. The van der Waals surface area contributed by atoms with E-state index in [4.69, 9.17) is 16.3 Å². The first-order valence-electron chi connectivity index (χ1n) is 11.1. The maximum Gasteiger partial charge on any atom is 0.306 e. The number of nitrogens with zero attached hydrogens (tertiary/aromatic N) is 2. The summed E-state index contributed by atoms with van der Waals surface area (Å²) in [4.78, 5) is 44.0. The first kappa shape index (κ1) is 27.6. The molecule has 194 valence electrons. The Kier molecular flexibility index (Phi) is 9.52. The van der Waals surface area contributed by atoms with E-state index in [2.05, 4.69) is 25.3 Å². The number of halogens is 1. The van der Waals surface area contributed by atoms with Crippen molar-refractivity contribution in [2.75, 3.05) is 16.6 Å². The topological polar surface area (TPSA) is 156 Å². The predicted molar refractivity (Wildman–Crippen MR) is 136 cm³/mol. The van der Waals surface area contributed by atoms with E-state index in [-0.39, 0.29) is 29.7 Å². The molecule has 0 spiro atoms. The van der Waals surface area contributed by atoms with Crippen LogP contribution >= 0.6 is 11.6 Å². The normalized spacial score (nSPS) is 11.7. The van der Waals surface area contributed by atoms with Crippen LogP contribution in [0.25, 0.3) is 0 Å². The minimum atomic E-state index is -3.91. The van der Waals surface area contributed by atoms with Gasteiger partial charge in [0.05, 0.1) is 4.90 Å². The fourth-order valence-corrected chi connectivity index (χ4v) is 4.02. The summed E-state index contributed by atoms with van der Waals surface area (Å²) in [5.74, 6) is -1.55. The quantitative estimate of drug-likeness (QED) is 0.245. The summed E-state index contributed by atoms with van der Waals surface area (Å²) in [6.07, 6.45) is 2.04. The van der Waals surface area contributed by atoms with Crippen molar-refractivity contribution < 1.29 is 27.5 Å². The predicted octanol–water partition coefficient (Wildman–Crippen LogP) is 3.01. The number of esters is 1. The number of carbonyl (C=O) groups excluding carboxylic acids is 3. The van der Waals surface area contributed by atoms with E-state index in [0.29, 0.717) is 22.7 Å². The number of sulfonamides is 1. The highest BCUT2D eigenvalue weighted by Crippen LogP contribution is 2.17. The van der Waals surface area contributed by atoms with Crippen molar-refractivity contribution in [3.05, 3.63) is 77.6 Å². The van der Waals surface area contributed by atoms with Gasteiger partial charge in [-0.25, -0.2) is 23.1 Å². The van der Waals surface area contributed by atoms with Crippen LogP contribution in [0.3, 0.4) is 0 Å². The first-order chi connectivity index (χ1) is 17.6. The minimum absolute atomic E-state index is 0.00318. The second kappa shape index (κ2) is 12.8. The Balaban J connectivity index is 1.41. The number of rotatable bonds is 11. The fraction of sp³-hybridized carbons (Fsp3) is 0.208. The first-order valence-corrected chi connectivity index (χ1v) is 12.9. The van der Waals surface area contributed by atoms with Crippen LogP contribution < -0.4 is 15.4 Å². The van der Waals surface area contributed by atoms with Crippen molar-refractivity contribution in [2.24, 2.45) is 0 Å². The third-order valence-corrected chi connectivity index (χ3v) is 6.45. The smallest absolute Gasteiger partial charge is 0.306 e. The van der Waals surface area contributed by atoms with E-state index in [1.807, 2.05) is 0 Å². The summed E-state index contributed by atoms with van der Waals surface area (Å²) in [5, 5.41) is 5.77. The van der Waals surface area contributed by atoms with E-state index in [9.17, 15) is 22.8 Å². The highest BCUT2D eigenvalue weighted by atomic mass is 35.5. The molecule has 0 radical (unpaired) electrons. The molecule has 0 fully saturated rings. The molecule has 0 aliphatic rings. The number of hydrogen-bond acceptors (Lipinski definition) is 8. The number of nitrogens with one attached hydrogen (secondary N) is 3. The monoisotopic (exact) mass is 545 g/mol. The molecular formula is C24H24ClN5O6S. The molecule has 0 saturated carbocycles. The molecular weight excluding hydrogens is 522 g/mol. The van der Waals surface area contributed by atoms with E-state index in [1.165, 1.54) is 43.6 Å². The van der Waals surface area contributed by atoms with Crippen LogP contribution in [0.5, 0.6) is 0 Å². The van der Waals surface area contributed by atoms with Crippen molar-refractivity contribution in [1.82, 2.24) is 15.3 Å². The van der Waals surface area contributed by atoms with E-state index in [1.54, 1.807) is 30.3 Å². The standard InChI is InChI=1S/C24H24ClN5O6S/c1-16(36-21(31)4-2-13-26-23(33)17-5-7-18(25)8-6-17)22(32)29-19-9-11-20(12-10-19)37(34,35)30-24-27-14-3-15-28-24/h3,5-12,14-16H,2,4,13H2,1H3,(H,26,33)(H,29,32)(H,27,28,30). The van der Waals surface area contributed by atoms with Crippen molar-refractivity contribution in [3.8, 4) is 0 Å². The van der Waals surface area contributed by atoms with Gasteiger partial charge in [-0.1, -0.05) is 11.6 Å². The lowest BCUT2D eigenvalue weighted by Gasteiger charge is -2.14. The van der Waals surface area contributed by atoms with Crippen molar-refractivity contribution in [3.63, 3.8) is 0 Å². The summed E-state index contributed by atoms with van der Waals surface area (Å²) in [6, 6.07) is 13.4. The number of amides is 2. The van der Waals surface area contributed by atoms with Crippen LogP contribution in [-0.2, 0) is 24.3 Å². The maximum atomic E-state index is 12.4. The summed E-state index contributed by atoms with van der Waals surface area (Å²) in [5.41, 5.74) is 0.761. The number of carbonyl (C=O) groups is 3. The van der Waals surface area contributed by atoms with Crippen LogP contribution in [0.1, 0.15) is 30.1 Å². The number of ether oxygens (including phenoxy) is 1. The van der Waals surface area contributed by atoms with Gasteiger partial charge in [-0.3, -0.25) is 14.4 Å². The van der Waals surface area contributed by atoms with Gasteiger partial charge in [0, 0.05) is 41.6 Å². The zero-order valence-electron chi connectivity index (χ0n) is 19.7. The Labute approximate surface area is 218 Å². The molecule has 3 rings (SSSR count). The molecule has 1 unspecified atom stereocenters. The Bertz CT molecular complexity index is 1340. The highest BCUT2D eigenvalue weighted by Gasteiger charge is 2.19. The van der Waals surface area contributed by atoms with E-state index < -0.39 is 28.0 Å². The molecule has 11 nitrogen and oxygen atoms in total. The summed E-state index contributed by atoms with van der Waals surface area (Å²) in [7, 11) is -3.91. The molecule has 1 heterocycles. The van der Waals surface area contributed by atoms with E-state index >= 15 is 0 Å². The van der Waals surface area contributed by atoms with Gasteiger partial charge >= 0.3 is 5.97 Å². The highest BCUT2D eigenvalue weighted by molar-refractivity contribution is 7.92. The second-order valence-corrected chi connectivity index (χ2v) is 9.81. The summed E-state index contributed by atoms with van der Waals surface area (Å²) in [6.45, 7) is 1.66. The number of benzene rings is 2. The number of hydrogen-bond donors (Lipinski definition) is 3. The molecule has 0 saturated heterocycles. The zero-order chi connectivity index (χ0) is 26.8. The maximum absolute atomic E-state index is 12.4. The van der Waals surface area contributed by atoms with Crippen molar-refractivity contribution in [2.45, 2.75) is 30.8 Å². The van der Waals surface area contributed by atoms with Gasteiger partial charge in [0.1, 0.15) is 0 Å². The molecule has 0 aliphatic carbocycles. The summed E-state index contributed by atoms with van der Waals surface area (Å²) >= 11 is 5.79. The van der Waals surface area contributed by atoms with Crippen LogP contribution in [0.2, 0.25) is 5.02 Å². The average Bonchev–Trinajstić information content (AvgIpc) is 2.87. The Morgan fingerprint density at radius 3 is 2.30 bits per heavy atom. The van der Waals surface area contributed by atoms with Gasteiger partial charge in [-0.05, 0) is 67.9 Å². The van der Waals surface area contributed by atoms with E-state index in [0.717, 1.165) is 0 Å². The van der Waals surface area contributed by atoms with Crippen LogP contribution in [0.4, 0.5) is 11.6 Å². The van der Waals surface area contributed by atoms with Gasteiger partial charge in [-0.2, -0.15) is 0 Å². The van der Waals surface area contributed by atoms with Crippen LogP contribution in [-0.4, -0.2) is 48.8 Å². The molecule has 37 heavy (non-hydrogen) atoms. The molecule has 2 aromatic carbocycles. The molecule has 0 aliphatic heterocycles. The van der Waals surface area contributed by atoms with Crippen molar-refractivity contribution in [1.29, 1.82) is 0 Å². The largest absolute Gasteiger partial charge is 0.453 e. The average molecular weight is 546 g/mol. The molecule has 1 aromatic heterocycles. The fourth-order valence-electron chi connectivity index (χ4n) is 2.94. The molecule has 3 N–H and O–H groups in total. The van der Waals surface area contributed by atoms with Gasteiger partial charge in [-0.15, -0.1) is 0 Å². The molecule has 2 amide bonds. The second-order valence-electron chi connectivity index (χ2n) is 7.69. The molecule has 3 aromatic rings. The van der Waals surface area contributed by atoms with Gasteiger partial charge in [0.25, 0.3) is 21.8 Å². The minimum Gasteiger partial charge on any atom is -0.453 e. The molecule has 1 atom stereocenters.